The molecule has 18 nitrogen and oxygen atoms in total. The summed E-state index contributed by atoms with van der Waals surface area (Å²) in [7, 11) is 1.54. The molecule has 0 unspecified atom stereocenters. The van der Waals surface area contributed by atoms with E-state index in [0.29, 0.717) is 38.8 Å². The second kappa shape index (κ2) is 15.8. The number of ketones is 2. The van der Waals surface area contributed by atoms with Gasteiger partial charge in [-0.2, -0.15) is 5.10 Å². The van der Waals surface area contributed by atoms with Gasteiger partial charge in [-0.3, -0.25) is 33.8 Å². The number of phenolic OH excluding ortho intramolecular Hbond substituents is 2. The highest BCUT2D eigenvalue weighted by atomic mass is 16.7. The maximum absolute atomic E-state index is 14.0. The number of amides is 3. The lowest BCUT2D eigenvalue weighted by Crippen LogP contribution is -2.55. The number of fused-ring (bicyclic) bond motifs is 6. The van der Waals surface area contributed by atoms with Gasteiger partial charge in [0.05, 0.1) is 41.2 Å². The molecule has 314 valence electrons. The van der Waals surface area contributed by atoms with Crippen molar-refractivity contribution in [3.63, 3.8) is 0 Å². The quantitative estimate of drug-likeness (QED) is 0.0462. The molecule has 0 radical (unpaired) electrons. The summed E-state index contributed by atoms with van der Waals surface area (Å²) in [6.07, 6.45) is -0.355. The number of benzene rings is 2. The van der Waals surface area contributed by atoms with Gasteiger partial charge in [0.1, 0.15) is 23.2 Å². The van der Waals surface area contributed by atoms with Gasteiger partial charge < -0.3 is 44.7 Å². The molecule has 6 N–H and O–H groups in total. The van der Waals surface area contributed by atoms with Crippen molar-refractivity contribution >= 4 is 40.7 Å². The van der Waals surface area contributed by atoms with Crippen LogP contribution >= 0.6 is 0 Å². The van der Waals surface area contributed by atoms with Crippen molar-refractivity contribution in [2.45, 2.75) is 108 Å². The normalized spacial score (nSPS) is 30.2. The van der Waals surface area contributed by atoms with Crippen LogP contribution in [0.4, 0.5) is 5.69 Å². The van der Waals surface area contributed by atoms with Gasteiger partial charge >= 0.3 is 0 Å². The van der Waals surface area contributed by atoms with Gasteiger partial charge in [0, 0.05) is 86.5 Å². The van der Waals surface area contributed by atoms with Gasteiger partial charge in [0.2, 0.25) is 5.91 Å². The van der Waals surface area contributed by atoms with E-state index in [1.807, 2.05) is 6.92 Å². The van der Waals surface area contributed by atoms with Crippen molar-refractivity contribution in [3.05, 3.63) is 63.7 Å². The number of anilines is 1. The Morgan fingerprint density at radius 3 is 2.53 bits per heavy atom. The van der Waals surface area contributed by atoms with Gasteiger partial charge in [-0.25, -0.2) is 5.43 Å². The molecule has 2 aromatic carbocycles. The summed E-state index contributed by atoms with van der Waals surface area (Å²) in [5.74, 6) is -3.86. The first-order valence-electron chi connectivity index (χ1n) is 19.8. The minimum atomic E-state index is -1.91. The summed E-state index contributed by atoms with van der Waals surface area (Å²) in [5.41, 5.74) is 5.77. The standard InChI is InChI=1S/C41H47N5O13/c1-19-38-24(45-14-15-56-40(55-3)39(45)59-38)16-29(57-19)58-25-18-41(54,20(2)43-44-26(47)10-5-4-6-13-46-27(48)11-12-28(46)49)17-22-31(25)37(53)33-32(35(22)51)34(50)21-8-7-9-23(42)30(21)36(33)52/h7-9,11-12,19,24-25,29,38-40,51,53-54H,4-6,10,13-18,42H2,1-3H3,(H,44,47)/b43-20+/t19-,24-,25-,29-,38+,39+,40-,41-/m0/s1. The van der Waals surface area contributed by atoms with Crippen LogP contribution in [-0.2, 0) is 44.5 Å². The molecule has 4 heterocycles. The highest BCUT2D eigenvalue weighted by Gasteiger charge is 2.55. The fourth-order valence-corrected chi connectivity index (χ4v) is 9.18. The number of aromatic hydroxyl groups is 2. The van der Waals surface area contributed by atoms with Crippen LogP contribution < -0.4 is 11.2 Å². The van der Waals surface area contributed by atoms with Crippen molar-refractivity contribution in [2.75, 3.05) is 32.5 Å². The fraction of sp³-hybridized carbons (Fsp3) is 0.512. The highest BCUT2D eigenvalue weighted by Crippen LogP contribution is 2.53. The van der Waals surface area contributed by atoms with Crippen molar-refractivity contribution in [1.82, 2.24) is 15.2 Å². The minimum absolute atomic E-state index is 0.000260. The summed E-state index contributed by atoms with van der Waals surface area (Å²) in [6, 6.07) is 4.20. The Labute approximate surface area is 338 Å². The molecule has 8 rings (SSSR count). The first-order chi connectivity index (χ1) is 28.2. The van der Waals surface area contributed by atoms with Crippen LogP contribution in [0.2, 0.25) is 0 Å². The smallest absolute Gasteiger partial charge is 0.253 e. The third-order valence-electron chi connectivity index (χ3n) is 12.2. The number of rotatable bonds is 11. The Balaban J connectivity index is 1.06. The molecule has 2 aromatic rings. The number of methoxy groups -OCH3 is 1. The molecule has 18 heteroatoms. The lowest BCUT2D eigenvalue weighted by Gasteiger charge is -2.43. The fourth-order valence-electron chi connectivity index (χ4n) is 9.18. The average Bonchev–Trinajstić information content (AvgIpc) is 3.75. The number of phenols is 2. The van der Waals surface area contributed by atoms with E-state index >= 15 is 0 Å². The number of morpholine rings is 1. The summed E-state index contributed by atoms with van der Waals surface area (Å²) in [6.45, 7) is 4.57. The van der Waals surface area contributed by atoms with Gasteiger partial charge in [0.15, 0.2) is 30.4 Å². The lowest BCUT2D eigenvalue weighted by molar-refractivity contribution is -0.255. The van der Waals surface area contributed by atoms with E-state index in [1.54, 1.807) is 7.11 Å². The highest BCUT2D eigenvalue weighted by molar-refractivity contribution is 6.32. The predicted molar refractivity (Wildman–Crippen MR) is 205 cm³/mol. The number of unbranched alkanes of at least 4 members (excludes halogenated alkanes) is 2. The van der Waals surface area contributed by atoms with Crippen LogP contribution in [0.1, 0.15) is 101 Å². The maximum atomic E-state index is 14.0. The molecule has 2 aliphatic carbocycles. The largest absolute Gasteiger partial charge is 0.507 e. The van der Waals surface area contributed by atoms with Crippen LogP contribution in [-0.4, -0.2) is 130 Å². The van der Waals surface area contributed by atoms with Crippen LogP contribution in [0.25, 0.3) is 0 Å². The molecule has 3 amide bonds. The number of nitrogens with one attached hydrogen (secondary N) is 1. The molecule has 3 saturated heterocycles. The molecular formula is C41H47N5O13. The van der Waals surface area contributed by atoms with E-state index in [9.17, 15) is 39.3 Å². The average molecular weight is 818 g/mol. The van der Waals surface area contributed by atoms with E-state index in [-0.39, 0.29) is 83.4 Å². The summed E-state index contributed by atoms with van der Waals surface area (Å²) in [5, 5.41) is 40.5. The molecule has 59 heavy (non-hydrogen) atoms. The third kappa shape index (κ3) is 7.11. The van der Waals surface area contributed by atoms with Gasteiger partial charge in [-0.05, 0) is 32.8 Å². The Morgan fingerprint density at radius 2 is 1.78 bits per heavy atom. The number of carbonyl (C=O) groups excluding carboxylic acids is 5. The molecule has 4 aliphatic heterocycles. The van der Waals surface area contributed by atoms with E-state index in [1.165, 1.54) is 37.3 Å². The topological polar surface area (TPSA) is 249 Å². The monoisotopic (exact) mass is 817 g/mol. The van der Waals surface area contributed by atoms with Crippen LogP contribution in [0.15, 0.2) is 35.5 Å². The molecule has 0 saturated carbocycles. The first-order valence-corrected chi connectivity index (χ1v) is 19.8. The Kier molecular flexibility index (Phi) is 10.9. The van der Waals surface area contributed by atoms with Gasteiger partial charge in [-0.1, -0.05) is 18.6 Å². The number of ether oxygens (including phenoxy) is 5. The Hall–Kier alpha value is -5.08. The Morgan fingerprint density at radius 1 is 1.03 bits per heavy atom. The predicted octanol–water partition coefficient (Wildman–Crippen LogP) is 1.70. The zero-order valence-electron chi connectivity index (χ0n) is 32.8. The van der Waals surface area contributed by atoms with E-state index in [0.717, 1.165) is 4.90 Å². The number of hydrazone groups is 1. The second-order valence-corrected chi connectivity index (χ2v) is 15.8. The number of imide groups is 1. The molecule has 8 atom stereocenters. The number of nitrogens with two attached hydrogens (primary N) is 1. The van der Waals surface area contributed by atoms with Gasteiger partial charge in [-0.15, -0.1) is 0 Å². The molecule has 6 aliphatic rings. The zero-order chi connectivity index (χ0) is 41.9. The molecule has 0 aromatic heterocycles. The molecular weight excluding hydrogens is 770 g/mol. The van der Waals surface area contributed by atoms with Crippen molar-refractivity contribution in [1.29, 1.82) is 0 Å². The lowest BCUT2D eigenvalue weighted by atomic mass is 9.71. The number of carbonyl (C=O) groups is 5. The van der Waals surface area contributed by atoms with Crippen molar-refractivity contribution in [2.24, 2.45) is 5.10 Å². The Bertz CT molecular complexity index is 2160. The van der Waals surface area contributed by atoms with Crippen LogP contribution in [0.3, 0.4) is 0 Å². The number of aliphatic hydroxyl groups is 1. The zero-order valence-corrected chi connectivity index (χ0v) is 32.8. The van der Waals surface area contributed by atoms with Crippen molar-refractivity contribution < 1.29 is 63.0 Å². The van der Waals surface area contributed by atoms with E-state index in [2.05, 4.69) is 15.4 Å². The minimum Gasteiger partial charge on any atom is -0.507 e. The van der Waals surface area contributed by atoms with Crippen LogP contribution in [0, 0.1) is 0 Å². The number of nitrogen functional groups attached to an aromatic ring is 1. The molecule has 0 spiro atoms. The van der Waals surface area contributed by atoms with E-state index in [4.69, 9.17) is 29.4 Å². The number of hydrogen-bond acceptors (Lipinski definition) is 16. The third-order valence-corrected chi connectivity index (χ3v) is 12.2. The van der Waals surface area contributed by atoms with E-state index < -0.39 is 76.7 Å². The number of hydrogen-bond donors (Lipinski definition) is 5. The SMILES string of the molecule is CO[C@H]1OCCN2[C@@H]1O[C@@H]1[C@H](C)O[C@@H](O[C@H]3C[C@](O)(/C(C)=N/NC(=O)CCCCCN4C(=O)C=CC4=O)Cc4c(O)c5c(c(O)c43)C(=O)c3c(N)cccc3C5=O)C[C@@H]12. The van der Waals surface area contributed by atoms with Gasteiger partial charge in [0.25, 0.3) is 11.8 Å². The first kappa shape index (κ1) is 40.7. The van der Waals surface area contributed by atoms with Crippen LogP contribution in [0.5, 0.6) is 11.5 Å². The number of nitrogens with zero attached hydrogens (tertiary/aromatic N) is 3. The molecule has 3 fully saturated rings. The summed E-state index contributed by atoms with van der Waals surface area (Å²) < 4.78 is 30.6. The maximum Gasteiger partial charge on any atom is 0.253 e. The molecule has 0 bridgehead atoms. The second-order valence-electron chi connectivity index (χ2n) is 15.8. The van der Waals surface area contributed by atoms with Crippen molar-refractivity contribution in [3.8, 4) is 11.5 Å². The summed E-state index contributed by atoms with van der Waals surface area (Å²) >= 11 is 0. The summed E-state index contributed by atoms with van der Waals surface area (Å²) in [4.78, 5) is 67.6.